The Morgan fingerprint density at radius 1 is 1.28 bits per heavy atom. The van der Waals surface area contributed by atoms with Crippen LogP contribution in [0.4, 0.5) is 0 Å². The first-order chi connectivity index (χ1) is 8.63. The van der Waals surface area contributed by atoms with E-state index < -0.39 is 0 Å². The van der Waals surface area contributed by atoms with Crippen LogP contribution in [0.15, 0.2) is 39.7 Å². The zero-order valence-electron chi connectivity index (χ0n) is 9.62. The number of hydrogen-bond donors (Lipinski definition) is 2. The predicted molar refractivity (Wildman–Crippen MR) is 74.6 cm³/mol. The van der Waals surface area contributed by atoms with Crippen LogP contribution in [-0.4, -0.2) is 15.0 Å². The molecule has 0 aliphatic rings. The maximum atomic E-state index is 11.9. The van der Waals surface area contributed by atoms with E-state index in [-0.39, 0.29) is 5.43 Å². The Hall–Kier alpha value is -1.88. The molecule has 0 saturated heterocycles. The summed E-state index contributed by atoms with van der Waals surface area (Å²) in [5, 5.41) is 0. The molecule has 0 aliphatic carbocycles. The van der Waals surface area contributed by atoms with Crippen molar-refractivity contribution >= 4 is 27.0 Å². The highest BCUT2D eigenvalue weighted by atomic mass is 79.9. The van der Waals surface area contributed by atoms with Crippen LogP contribution in [0.3, 0.4) is 0 Å². The number of nitrogens with zero attached hydrogens (tertiary/aromatic N) is 1. The van der Waals surface area contributed by atoms with E-state index in [9.17, 15) is 4.79 Å². The maximum Gasteiger partial charge on any atom is 0.192 e. The molecule has 2 aromatic heterocycles. The van der Waals surface area contributed by atoms with E-state index in [2.05, 4.69) is 30.9 Å². The minimum atomic E-state index is -0.0376. The molecule has 0 unspecified atom stereocenters. The SMILES string of the molecule is Cc1cc(=O)c(-c2nc3ccc(Br)cc3[nH]2)c[nH]1. The summed E-state index contributed by atoms with van der Waals surface area (Å²) in [5.74, 6) is 0.587. The molecule has 0 atom stereocenters. The summed E-state index contributed by atoms with van der Waals surface area (Å²) in [6, 6.07) is 7.33. The van der Waals surface area contributed by atoms with Crippen LogP contribution in [0.25, 0.3) is 22.4 Å². The summed E-state index contributed by atoms with van der Waals surface area (Å²) in [6.07, 6.45) is 1.68. The van der Waals surface area contributed by atoms with E-state index >= 15 is 0 Å². The summed E-state index contributed by atoms with van der Waals surface area (Å²) in [4.78, 5) is 22.5. The van der Waals surface area contributed by atoms with Gasteiger partial charge in [-0.25, -0.2) is 4.98 Å². The number of imidazole rings is 1. The third kappa shape index (κ3) is 1.86. The van der Waals surface area contributed by atoms with Crippen LogP contribution in [0.5, 0.6) is 0 Å². The van der Waals surface area contributed by atoms with Crippen LogP contribution in [0.1, 0.15) is 5.69 Å². The molecule has 0 fully saturated rings. The summed E-state index contributed by atoms with van der Waals surface area (Å²) >= 11 is 3.41. The van der Waals surface area contributed by atoms with Gasteiger partial charge in [-0.2, -0.15) is 0 Å². The van der Waals surface area contributed by atoms with Gasteiger partial charge in [0.25, 0.3) is 0 Å². The second-order valence-electron chi connectivity index (χ2n) is 4.14. The molecule has 2 N–H and O–H groups in total. The first kappa shape index (κ1) is 11.2. The Morgan fingerprint density at radius 3 is 2.89 bits per heavy atom. The van der Waals surface area contributed by atoms with Crippen molar-refractivity contribution in [2.45, 2.75) is 6.92 Å². The van der Waals surface area contributed by atoms with Crippen molar-refractivity contribution in [3.63, 3.8) is 0 Å². The highest BCUT2D eigenvalue weighted by Gasteiger charge is 2.08. The van der Waals surface area contributed by atoms with Crippen LogP contribution in [-0.2, 0) is 0 Å². The van der Waals surface area contributed by atoms with E-state index in [0.717, 1.165) is 21.2 Å². The molecule has 2 heterocycles. The number of aryl methyl sites for hydroxylation is 1. The maximum absolute atomic E-state index is 11.9. The number of rotatable bonds is 1. The number of hydrogen-bond acceptors (Lipinski definition) is 2. The van der Waals surface area contributed by atoms with Gasteiger partial charge in [-0.05, 0) is 25.1 Å². The third-order valence-electron chi connectivity index (χ3n) is 2.76. The Bertz CT molecular complexity index is 788. The van der Waals surface area contributed by atoms with Crippen LogP contribution in [0, 0.1) is 6.92 Å². The highest BCUT2D eigenvalue weighted by molar-refractivity contribution is 9.10. The Kier molecular flexibility index (Phi) is 2.56. The van der Waals surface area contributed by atoms with Gasteiger partial charge in [0.1, 0.15) is 5.82 Å². The normalized spacial score (nSPS) is 11.0. The van der Waals surface area contributed by atoms with Crippen molar-refractivity contribution in [2.24, 2.45) is 0 Å². The molecule has 3 rings (SSSR count). The number of pyridine rings is 1. The van der Waals surface area contributed by atoms with E-state index in [1.807, 2.05) is 25.1 Å². The average molecular weight is 304 g/mol. The first-order valence-electron chi connectivity index (χ1n) is 5.48. The summed E-state index contributed by atoms with van der Waals surface area (Å²) < 4.78 is 0.975. The van der Waals surface area contributed by atoms with Crippen molar-refractivity contribution in [3.05, 3.63) is 50.9 Å². The average Bonchev–Trinajstić information content (AvgIpc) is 2.71. The third-order valence-corrected chi connectivity index (χ3v) is 3.25. The lowest BCUT2D eigenvalue weighted by atomic mass is 10.2. The lowest BCUT2D eigenvalue weighted by Crippen LogP contribution is -2.05. The van der Waals surface area contributed by atoms with Crippen LogP contribution < -0.4 is 5.43 Å². The molecule has 3 aromatic rings. The number of benzene rings is 1. The molecule has 5 heteroatoms. The van der Waals surface area contributed by atoms with E-state index in [0.29, 0.717) is 11.4 Å². The number of nitrogens with one attached hydrogen (secondary N) is 2. The Morgan fingerprint density at radius 2 is 2.11 bits per heavy atom. The Labute approximate surface area is 111 Å². The molecule has 0 spiro atoms. The molecule has 4 nitrogen and oxygen atoms in total. The van der Waals surface area contributed by atoms with Gasteiger partial charge in [-0.3, -0.25) is 4.79 Å². The monoisotopic (exact) mass is 303 g/mol. The molecule has 0 bridgehead atoms. The number of halogens is 1. The second kappa shape index (κ2) is 4.10. The van der Waals surface area contributed by atoms with Crippen molar-refractivity contribution < 1.29 is 0 Å². The zero-order chi connectivity index (χ0) is 12.7. The van der Waals surface area contributed by atoms with Gasteiger partial charge in [0.15, 0.2) is 5.43 Å². The minimum absolute atomic E-state index is 0.0376. The van der Waals surface area contributed by atoms with Gasteiger partial charge in [0.2, 0.25) is 0 Å². The number of aromatic nitrogens is 3. The predicted octanol–water partition coefficient (Wildman–Crippen LogP) is 2.99. The first-order valence-corrected chi connectivity index (χ1v) is 6.28. The molecule has 1 aromatic carbocycles. The van der Waals surface area contributed by atoms with Gasteiger partial charge in [0.05, 0.1) is 16.6 Å². The molecule has 90 valence electrons. The smallest absolute Gasteiger partial charge is 0.192 e. The molecule has 18 heavy (non-hydrogen) atoms. The van der Waals surface area contributed by atoms with Crippen LogP contribution >= 0.6 is 15.9 Å². The molecular weight excluding hydrogens is 294 g/mol. The van der Waals surface area contributed by atoms with Crippen molar-refractivity contribution in [1.82, 2.24) is 15.0 Å². The van der Waals surface area contributed by atoms with Crippen molar-refractivity contribution in [1.29, 1.82) is 0 Å². The second-order valence-corrected chi connectivity index (χ2v) is 5.06. The van der Waals surface area contributed by atoms with E-state index in [1.165, 1.54) is 0 Å². The lowest BCUT2D eigenvalue weighted by molar-refractivity contribution is 1.17. The van der Waals surface area contributed by atoms with Gasteiger partial charge in [-0.15, -0.1) is 0 Å². The van der Waals surface area contributed by atoms with Crippen LogP contribution in [0.2, 0.25) is 0 Å². The molecule has 0 saturated carbocycles. The fraction of sp³-hybridized carbons (Fsp3) is 0.0769. The number of fused-ring (bicyclic) bond motifs is 1. The van der Waals surface area contributed by atoms with E-state index in [4.69, 9.17) is 0 Å². The number of aromatic amines is 2. The quantitative estimate of drug-likeness (QED) is 0.726. The van der Waals surface area contributed by atoms with Crippen molar-refractivity contribution in [2.75, 3.05) is 0 Å². The topological polar surface area (TPSA) is 61.5 Å². The Balaban J connectivity index is 2.22. The largest absolute Gasteiger partial charge is 0.364 e. The summed E-state index contributed by atoms with van der Waals surface area (Å²) in [5.41, 5.74) is 3.09. The zero-order valence-corrected chi connectivity index (χ0v) is 11.2. The van der Waals surface area contributed by atoms with Crippen molar-refractivity contribution in [3.8, 4) is 11.4 Å². The lowest BCUT2D eigenvalue weighted by Gasteiger charge is -1.96. The molecule has 0 amide bonds. The fourth-order valence-electron chi connectivity index (χ4n) is 1.87. The fourth-order valence-corrected chi connectivity index (χ4v) is 2.23. The molecule has 0 aliphatic heterocycles. The highest BCUT2D eigenvalue weighted by Crippen LogP contribution is 2.21. The standard InChI is InChI=1S/C13H10BrN3O/c1-7-4-12(18)9(6-15-7)13-16-10-3-2-8(14)5-11(10)17-13/h2-6H,1H3,(H,15,18)(H,16,17). The van der Waals surface area contributed by atoms with Gasteiger partial charge >= 0.3 is 0 Å². The van der Waals surface area contributed by atoms with E-state index in [1.54, 1.807) is 12.3 Å². The van der Waals surface area contributed by atoms with Gasteiger partial charge in [-0.1, -0.05) is 15.9 Å². The minimum Gasteiger partial charge on any atom is -0.364 e. The molecular formula is C13H10BrN3O. The van der Waals surface area contributed by atoms with Gasteiger partial charge in [0, 0.05) is 22.4 Å². The summed E-state index contributed by atoms with van der Waals surface area (Å²) in [7, 11) is 0. The molecule has 0 radical (unpaired) electrons. The van der Waals surface area contributed by atoms with Gasteiger partial charge < -0.3 is 9.97 Å². The number of H-pyrrole nitrogens is 2. The summed E-state index contributed by atoms with van der Waals surface area (Å²) in [6.45, 7) is 1.85.